The van der Waals surface area contributed by atoms with E-state index in [0.717, 1.165) is 0 Å². The Bertz CT molecular complexity index is 538. The van der Waals surface area contributed by atoms with Gasteiger partial charge in [0, 0.05) is 0 Å². The summed E-state index contributed by atoms with van der Waals surface area (Å²) < 4.78 is 1.31. The van der Waals surface area contributed by atoms with Crippen LogP contribution in [0.3, 0.4) is 0 Å². The molecule has 17 heavy (non-hydrogen) atoms. The van der Waals surface area contributed by atoms with Crippen LogP contribution in [-0.2, 0) is 10.8 Å². The van der Waals surface area contributed by atoms with Crippen molar-refractivity contribution in [1.29, 1.82) is 0 Å². The van der Waals surface area contributed by atoms with Gasteiger partial charge in [-0.25, -0.2) is 4.98 Å². The number of hydrogen-bond acceptors (Lipinski definition) is 2. The number of benzene rings is 1. The van der Waals surface area contributed by atoms with Crippen molar-refractivity contribution in [3.8, 4) is 0 Å². The molecule has 2 aromatic rings. The van der Waals surface area contributed by atoms with Crippen molar-refractivity contribution in [2.75, 3.05) is 0 Å². The second kappa shape index (κ2) is 3.81. The van der Waals surface area contributed by atoms with Gasteiger partial charge >= 0.3 is 0 Å². The van der Waals surface area contributed by atoms with E-state index in [4.69, 9.17) is 0 Å². The van der Waals surface area contributed by atoms with Crippen LogP contribution >= 0.6 is 11.3 Å². The van der Waals surface area contributed by atoms with Crippen LogP contribution in [0.25, 0.3) is 10.2 Å². The Labute approximate surface area is 108 Å². The van der Waals surface area contributed by atoms with Crippen molar-refractivity contribution in [3.05, 3.63) is 28.8 Å². The quantitative estimate of drug-likeness (QED) is 0.646. The molecule has 1 nitrogen and oxygen atoms in total. The molecule has 1 heterocycles. The van der Waals surface area contributed by atoms with Gasteiger partial charge < -0.3 is 0 Å². The van der Waals surface area contributed by atoms with E-state index in [-0.39, 0.29) is 10.8 Å². The summed E-state index contributed by atoms with van der Waals surface area (Å²) in [6.45, 7) is 13.6. The van der Waals surface area contributed by atoms with E-state index >= 15 is 0 Å². The van der Waals surface area contributed by atoms with Crippen molar-refractivity contribution >= 4 is 21.6 Å². The Kier molecular flexibility index (Phi) is 2.81. The van der Waals surface area contributed by atoms with Crippen molar-refractivity contribution < 1.29 is 0 Å². The van der Waals surface area contributed by atoms with E-state index in [0.29, 0.717) is 0 Å². The second-order valence-electron chi connectivity index (χ2n) is 6.72. The molecule has 1 aromatic carbocycles. The van der Waals surface area contributed by atoms with Gasteiger partial charge in [-0.1, -0.05) is 47.6 Å². The maximum Gasteiger partial charge on any atom is 0.0849 e. The van der Waals surface area contributed by atoms with Gasteiger partial charge in [0.2, 0.25) is 0 Å². The molecule has 2 heteroatoms. The van der Waals surface area contributed by atoms with Gasteiger partial charge in [0.15, 0.2) is 0 Å². The zero-order chi connectivity index (χ0) is 12.8. The van der Waals surface area contributed by atoms with Crippen molar-refractivity contribution in [3.63, 3.8) is 0 Å². The lowest BCUT2D eigenvalue weighted by molar-refractivity contribution is 0.572. The lowest BCUT2D eigenvalue weighted by atomic mass is 9.80. The largest absolute Gasteiger partial charge is 0.244 e. The summed E-state index contributed by atoms with van der Waals surface area (Å²) in [4.78, 5) is 4.53. The summed E-state index contributed by atoms with van der Waals surface area (Å²) in [5, 5.41) is 0. The highest BCUT2D eigenvalue weighted by Crippen LogP contribution is 2.35. The molecular formula is C15H21NS. The van der Waals surface area contributed by atoms with Crippen LogP contribution in [0.2, 0.25) is 0 Å². The summed E-state index contributed by atoms with van der Waals surface area (Å²) in [5.41, 5.74) is 6.23. The summed E-state index contributed by atoms with van der Waals surface area (Å²) >= 11 is 1.74. The molecule has 92 valence electrons. The number of aromatic nitrogens is 1. The van der Waals surface area contributed by atoms with Crippen molar-refractivity contribution in [2.24, 2.45) is 0 Å². The predicted octanol–water partition coefficient (Wildman–Crippen LogP) is 4.89. The molecular weight excluding hydrogens is 226 g/mol. The predicted molar refractivity (Wildman–Crippen MR) is 77.0 cm³/mol. The van der Waals surface area contributed by atoms with Gasteiger partial charge in [-0.15, -0.1) is 11.3 Å². The highest BCUT2D eigenvalue weighted by Gasteiger charge is 2.23. The topological polar surface area (TPSA) is 12.9 Å². The molecule has 0 aliphatic rings. The Morgan fingerprint density at radius 3 is 2.12 bits per heavy atom. The van der Waals surface area contributed by atoms with E-state index in [1.54, 1.807) is 11.3 Å². The molecule has 0 spiro atoms. The molecule has 0 saturated heterocycles. The number of thiazole rings is 1. The average molecular weight is 247 g/mol. The van der Waals surface area contributed by atoms with Crippen molar-refractivity contribution in [1.82, 2.24) is 4.98 Å². The summed E-state index contributed by atoms with van der Waals surface area (Å²) in [5.74, 6) is 0. The third kappa shape index (κ3) is 2.37. The Balaban J connectivity index is 2.76. The molecule has 0 aliphatic heterocycles. The van der Waals surface area contributed by atoms with Gasteiger partial charge in [-0.3, -0.25) is 0 Å². The molecule has 1 aromatic heterocycles. The fraction of sp³-hybridized carbons (Fsp3) is 0.533. The van der Waals surface area contributed by atoms with Crippen LogP contribution < -0.4 is 0 Å². The third-order valence-corrected chi connectivity index (χ3v) is 3.89. The highest BCUT2D eigenvalue weighted by atomic mass is 32.1. The van der Waals surface area contributed by atoms with E-state index in [1.807, 2.05) is 5.51 Å². The molecule has 0 radical (unpaired) electrons. The van der Waals surface area contributed by atoms with E-state index in [1.165, 1.54) is 21.3 Å². The molecule has 0 fully saturated rings. The van der Waals surface area contributed by atoms with Gasteiger partial charge in [0.1, 0.15) is 0 Å². The Hall–Kier alpha value is -0.890. The molecule has 0 atom stereocenters. The summed E-state index contributed by atoms with van der Waals surface area (Å²) in [6, 6.07) is 4.63. The number of nitrogens with zero attached hydrogens (tertiary/aromatic N) is 1. The first-order chi connectivity index (χ1) is 7.69. The van der Waals surface area contributed by atoms with E-state index in [9.17, 15) is 0 Å². The fourth-order valence-corrected chi connectivity index (χ4v) is 2.71. The van der Waals surface area contributed by atoms with Crippen LogP contribution in [0.4, 0.5) is 0 Å². The van der Waals surface area contributed by atoms with E-state index < -0.39 is 0 Å². The Morgan fingerprint density at radius 2 is 1.59 bits per heavy atom. The second-order valence-corrected chi connectivity index (χ2v) is 7.61. The maximum absolute atomic E-state index is 4.53. The third-order valence-electron chi connectivity index (χ3n) is 3.11. The van der Waals surface area contributed by atoms with Crippen LogP contribution in [0, 0.1) is 0 Å². The first-order valence-corrected chi connectivity index (χ1v) is 6.96. The minimum absolute atomic E-state index is 0.146. The SMILES string of the molecule is CC(C)(C)c1cc(C(C)(C)C)c2ncsc2c1. The maximum atomic E-state index is 4.53. The van der Waals surface area contributed by atoms with Crippen LogP contribution in [0.1, 0.15) is 52.7 Å². The first-order valence-electron chi connectivity index (χ1n) is 6.08. The van der Waals surface area contributed by atoms with Gasteiger partial charge in [0.25, 0.3) is 0 Å². The number of rotatable bonds is 0. The number of hydrogen-bond donors (Lipinski definition) is 0. The molecule has 0 N–H and O–H groups in total. The summed E-state index contributed by atoms with van der Waals surface area (Å²) in [6.07, 6.45) is 0. The normalized spacial score (nSPS) is 13.3. The smallest absolute Gasteiger partial charge is 0.0849 e. The molecule has 0 aliphatic carbocycles. The van der Waals surface area contributed by atoms with Crippen LogP contribution in [0.15, 0.2) is 17.6 Å². The van der Waals surface area contributed by atoms with Gasteiger partial charge in [-0.05, 0) is 28.0 Å². The summed E-state index contributed by atoms with van der Waals surface area (Å²) in [7, 11) is 0. The molecule has 0 amide bonds. The minimum atomic E-state index is 0.146. The lowest BCUT2D eigenvalue weighted by Gasteiger charge is -2.25. The van der Waals surface area contributed by atoms with Crippen molar-refractivity contribution in [2.45, 2.75) is 52.4 Å². The minimum Gasteiger partial charge on any atom is -0.244 e. The zero-order valence-corrected chi connectivity index (χ0v) is 12.4. The number of fused-ring (bicyclic) bond motifs is 1. The van der Waals surface area contributed by atoms with Gasteiger partial charge in [-0.2, -0.15) is 0 Å². The first kappa shape index (κ1) is 12.6. The van der Waals surface area contributed by atoms with Gasteiger partial charge in [0.05, 0.1) is 15.7 Å². The average Bonchev–Trinajstić information content (AvgIpc) is 2.59. The highest BCUT2D eigenvalue weighted by molar-refractivity contribution is 7.16. The lowest BCUT2D eigenvalue weighted by Crippen LogP contribution is -2.16. The molecule has 2 rings (SSSR count). The molecule has 0 bridgehead atoms. The monoisotopic (exact) mass is 247 g/mol. The molecule has 0 saturated carbocycles. The Morgan fingerprint density at radius 1 is 0.941 bits per heavy atom. The van der Waals surface area contributed by atoms with Crippen LogP contribution in [0.5, 0.6) is 0 Å². The standard InChI is InChI=1S/C15H21NS/c1-14(2,3)10-7-11(15(4,5)6)13-12(8-10)17-9-16-13/h7-9H,1-6H3. The molecule has 0 unspecified atom stereocenters. The fourth-order valence-electron chi connectivity index (χ4n) is 1.97. The zero-order valence-electron chi connectivity index (χ0n) is 11.6. The van der Waals surface area contributed by atoms with E-state index in [2.05, 4.69) is 58.7 Å². The van der Waals surface area contributed by atoms with Crippen LogP contribution in [-0.4, -0.2) is 4.98 Å².